The second-order valence-electron chi connectivity index (χ2n) is 4.58. The van der Waals surface area contributed by atoms with Gasteiger partial charge in [0.1, 0.15) is 11.9 Å². The minimum absolute atomic E-state index is 0.143. The molecule has 2 rings (SSSR count). The maximum atomic E-state index is 11.3. The van der Waals surface area contributed by atoms with Crippen molar-refractivity contribution in [3.05, 3.63) is 29.8 Å². The molecule has 1 aromatic carbocycles. The predicted octanol–water partition coefficient (Wildman–Crippen LogP) is 2.35. The second-order valence-corrected chi connectivity index (χ2v) is 4.58. The molecule has 19 heavy (non-hydrogen) atoms. The molecule has 0 aliphatic carbocycles. The summed E-state index contributed by atoms with van der Waals surface area (Å²) in [7, 11) is 0. The molecule has 1 aromatic rings. The monoisotopic (exact) mass is 264 g/mol. The van der Waals surface area contributed by atoms with Crippen LogP contribution in [0.15, 0.2) is 24.3 Å². The van der Waals surface area contributed by atoms with Gasteiger partial charge in [0.2, 0.25) is 0 Å². The van der Waals surface area contributed by atoms with Crippen LogP contribution in [0.1, 0.15) is 25.3 Å². The Kier molecular flexibility index (Phi) is 5.21. The first-order valence-corrected chi connectivity index (χ1v) is 6.77. The van der Waals surface area contributed by atoms with Crippen molar-refractivity contribution in [2.75, 3.05) is 19.8 Å². The zero-order valence-corrected chi connectivity index (χ0v) is 11.3. The van der Waals surface area contributed by atoms with Crippen molar-refractivity contribution in [2.24, 2.45) is 0 Å². The fourth-order valence-corrected chi connectivity index (χ4v) is 2.06. The van der Waals surface area contributed by atoms with Crippen LogP contribution in [-0.4, -0.2) is 31.9 Å². The lowest BCUT2D eigenvalue weighted by Crippen LogP contribution is -2.27. The average Bonchev–Trinajstić information content (AvgIpc) is 2.42. The summed E-state index contributed by atoms with van der Waals surface area (Å²) >= 11 is 0. The van der Waals surface area contributed by atoms with E-state index in [1.54, 1.807) is 6.92 Å². The molecule has 4 heteroatoms. The number of hydrogen-bond acceptors (Lipinski definition) is 4. The lowest BCUT2D eigenvalue weighted by molar-refractivity contribution is -0.142. The molecule has 1 heterocycles. The van der Waals surface area contributed by atoms with Crippen LogP contribution in [0.5, 0.6) is 5.75 Å². The van der Waals surface area contributed by atoms with Gasteiger partial charge in [-0.15, -0.1) is 0 Å². The van der Waals surface area contributed by atoms with E-state index in [2.05, 4.69) is 0 Å². The quantitative estimate of drug-likeness (QED) is 0.766. The van der Waals surface area contributed by atoms with Crippen LogP contribution in [0.25, 0.3) is 0 Å². The molecule has 0 radical (unpaired) electrons. The van der Waals surface area contributed by atoms with E-state index >= 15 is 0 Å². The van der Waals surface area contributed by atoms with Crippen LogP contribution in [-0.2, 0) is 20.7 Å². The summed E-state index contributed by atoms with van der Waals surface area (Å²) in [5.41, 5.74) is 0.936. The maximum absolute atomic E-state index is 11.3. The van der Waals surface area contributed by atoms with Gasteiger partial charge in [0.25, 0.3) is 0 Å². The Morgan fingerprint density at radius 2 is 2.16 bits per heavy atom. The number of esters is 1. The van der Waals surface area contributed by atoms with Crippen LogP contribution in [0.4, 0.5) is 0 Å². The van der Waals surface area contributed by atoms with Gasteiger partial charge in [-0.05, 0) is 37.5 Å². The van der Waals surface area contributed by atoms with Gasteiger partial charge in [-0.25, -0.2) is 0 Å². The molecule has 1 fully saturated rings. The van der Waals surface area contributed by atoms with Crippen LogP contribution in [0, 0.1) is 0 Å². The molecule has 0 saturated carbocycles. The van der Waals surface area contributed by atoms with Crippen LogP contribution >= 0.6 is 0 Å². The number of hydrogen-bond donors (Lipinski definition) is 0. The van der Waals surface area contributed by atoms with E-state index in [1.807, 2.05) is 24.3 Å². The summed E-state index contributed by atoms with van der Waals surface area (Å²) in [6.45, 7) is 3.71. The van der Waals surface area contributed by atoms with Crippen molar-refractivity contribution < 1.29 is 19.0 Å². The van der Waals surface area contributed by atoms with E-state index in [1.165, 1.54) is 0 Å². The fourth-order valence-electron chi connectivity index (χ4n) is 2.06. The van der Waals surface area contributed by atoms with E-state index in [0.717, 1.165) is 30.8 Å². The van der Waals surface area contributed by atoms with E-state index in [-0.39, 0.29) is 12.1 Å². The topological polar surface area (TPSA) is 44.8 Å². The third-order valence-electron chi connectivity index (χ3n) is 3.00. The Hall–Kier alpha value is -1.55. The average molecular weight is 264 g/mol. The van der Waals surface area contributed by atoms with Gasteiger partial charge < -0.3 is 14.2 Å². The zero-order valence-electron chi connectivity index (χ0n) is 11.3. The molecule has 0 amide bonds. The van der Waals surface area contributed by atoms with E-state index in [4.69, 9.17) is 14.2 Å². The highest BCUT2D eigenvalue weighted by molar-refractivity contribution is 5.72. The minimum Gasteiger partial charge on any atom is -0.488 e. The second kappa shape index (κ2) is 7.14. The Balaban J connectivity index is 1.85. The van der Waals surface area contributed by atoms with Gasteiger partial charge in [-0.1, -0.05) is 12.1 Å². The molecule has 1 unspecified atom stereocenters. The minimum atomic E-state index is -0.197. The standard InChI is InChI=1S/C15H20O4/c1-2-18-15(16)10-12-5-7-13(8-6-12)19-14-4-3-9-17-11-14/h5-8,14H,2-4,9-11H2,1H3. The summed E-state index contributed by atoms with van der Waals surface area (Å²) in [4.78, 5) is 11.3. The number of ether oxygens (including phenoxy) is 3. The van der Waals surface area contributed by atoms with Crippen LogP contribution < -0.4 is 4.74 Å². The molecule has 1 atom stereocenters. The number of carbonyl (C=O) groups is 1. The molecular weight excluding hydrogens is 244 g/mol. The fraction of sp³-hybridized carbons (Fsp3) is 0.533. The molecular formula is C15H20O4. The SMILES string of the molecule is CCOC(=O)Cc1ccc(OC2CCCOC2)cc1. The largest absolute Gasteiger partial charge is 0.488 e. The van der Waals surface area contributed by atoms with Gasteiger partial charge in [0.15, 0.2) is 0 Å². The van der Waals surface area contributed by atoms with Crippen molar-refractivity contribution in [1.82, 2.24) is 0 Å². The number of rotatable bonds is 5. The lowest BCUT2D eigenvalue weighted by Gasteiger charge is -2.23. The molecule has 4 nitrogen and oxygen atoms in total. The first-order valence-electron chi connectivity index (χ1n) is 6.77. The van der Waals surface area contributed by atoms with Crippen molar-refractivity contribution >= 4 is 5.97 Å². The van der Waals surface area contributed by atoms with E-state index in [0.29, 0.717) is 19.6 Å². The molecule has 0 spiro atoms. The van der Waals surface area contributed by atoms with Crippen LogP contribution in [0.2, 0.25) is 0 Å². The molecule has 0 bridgehead atoms. The maximum Gasteiger partial charge on any atom is 0.310 e. The van der Waals surface area contributed by atoms with E-state index in [9.17, 15) is 4.79 Å². The Morgan fingerprint density at radius 1 is 1.37 bits per heavy atom. The summed E-state index contributed by atoms with van der Waals surface area (Å²) in [5.74, 6) is 0.625. The third kappa shape index (κ3) is 4.56. The highest BCUT2D eigenvalue weighted by Crippen LogP contribution is 2.18. The van der Waals surface area contributed by atoms with Gasteiger partial charge in [-0.2, -0.15) is 0 Å². The van der Waals surface area contributed by atoms with Crippen molar-refractivity contribution in [1.29, 1.82) is 0 Å². The number of benzene rings is 1. The zero-order chi connectivity index (χ0) is 13.5. The molecule has 0 aromatic heterocycles. The van der Waals surface area contributed by atoms with Gasteiger partial charge in [0, 0.05) is 6.61 Å². The predicted molar refractivity (Wildman–Crippen MR) is 71.2 cm³/mol. The van der Waals surface area contributed by atoms with Crippen molar-refractivity contribution in [3.8, 4) is 5.75 Å². The lowest BCUT2D eigenvalue weighted by atomic mass is 10.1. The molecule has 1 aliphatic heterocycles. The molecule has 1 saturated heterocycles. The summed E-state index contributed by atoms with van der Waals surface area (Å²) in [6.07, 6.45) is 2.53. The van der Waals surface area contributed by atoms with Gasteiger partial charge in [-0.3, -0.25) is 4.79 Å². The first-order chi connectivity index (χ1) is 9.28. The normalized spacial score (nSPS) is 18.9. The molecule has 1 aliphatic rings. The summed E-state index contributed by atoms with van der Waals surface area (Å²) in [6, 6.07) is 7.58. The van der Waals surface area contributed by atoms with E-state index < -0.39 is 0 Å². The highest BCUT2D eigenvalue weighted by atomic mass is 16.5. The smallest absolute Gasteiger partial charge is 0.310 e. The van der Waals surface area contributed by atoms with Gasteiger partial charge >= 0.3 is 5.97 Å². The Labute approximate surface area is 113 Å². The Morgan fingerprint density at radius 3 is 2.79 bits per heavy atom. The highest BCUT2D eigenvalue weighted by Gasteiger charge is 2.15. The van der Waals surface area contributed by atoms with Crippen molar-refractivity contribution in [3.63, 3.8) is 0 Å². The van der Waals surface area contributed by atoms with Gasteiger partial charge in [0.05, 0.1) is 19.6 Å². The molecule has 104 valence electrons. The summed E-state index contributed by atoms with van der Waals surface area (Å²) in [5, 5.41) is 0. The Bertz CT molecular complexity index is 393. The summed E-state index contributed by atoms with van der Waals surface area (Å²) < 4.78 is 16.1. The third-order valence-corrected chi connectivity index (χ3v) is 3.00. The first kappa shape index (κ1) is 13.9. The van der Waals surface area contributed by atoms with Crippen LogP contribution in [0.3, 0.4) is 0 Å². The number of carbonyl (C=O) groups excluding carboxylic acids is 1. The molecule has 0 N–H and O–H groups in total. The van der Waals surface area contributed by atoms with Crippen molar-refractivity contribution in [2.45, 2.75) is 32.3 Å².